The smallest absolute Gasteiger partial charge is 0.303 e. The van der Waals surface area contributed by atoms with Crippen molar-refractivity contribution in [2.24, 2.45) is 16.6 Å². The van der Waals surface area contributed by atoms with Gasteiger partial charge in [0.2, 0.25) is 0 Å². The molecule has 0 aromatic heterocycles. The molecule has 82 valence electrons. The van der Waals surface area contributed by atoms with E-state index in [0.717, 1.165) is 19.3 Å². The van der Waals surface area contributed by atoms with Crippen LogP contribution in [0, 0.1) is 10.8 Å². The minimum absolute atomic E-state index is 0.145. The number of carbonyl (C=O) groups is 1. The van der Waals surface area contributed by atoms with Crippen LogP contribution in [0.3, 0.4) is 0 Å². The fraction of sp³-hybridized carbons (Fsp3) is 0.909. The van der Waals surface area contributed by atoms with Crippen LogP contribution in [0.15, 0.2) is 0 Å². The highest BCUT2D eigenvalue weighted by molar-refractivity contribution is 5.67. The molecule has 0 heterocycles. The van der Waals surface area contributed by atoms with E-state index in [1.165, 1.54) is 6.42 Å². The van der Waals surface area contributed by atoms with Gasteiger partial charge in [-0.15, -0.1) is 0 Å². The van der Waals surface area contributed by atoms with Crippen LogP contribution in [0.1, 0.15) is 46.0 Å². The van der Waals surface area contributed by atoms with Crippen LogP contribution in [0.25, 0.3) is 0 Å². The molecule has 1 aliphatic carbocycles. The maximum absolute atomic E-state index is 10.8. The van der Waals surface area contributed by atoms with E-state index in [-0.39, 0.29) is 17.3 Å². The average Bonchev–Trinajstić information content (AvgIpc) is 2.01. The second-order valence-corrected chi connectivity index (χ2v) is 5.47. The normalized spacial score (nSPS) is 31.4. The van der Waals surface area contributed by atoms with Gasteiger partial charge in [0.25, 0.3) is 0 Å². The molecule has 0 aromatic rings. The fourth-order valence-corrected chi connectivity index (χ4v) is 2.85. The zero-order valence-corrected chi connectivity index (χ0v) is 9.18. The van der Waals surface area contributed by atoms with E-state index in [4.69, 9.17) is 10.8 Å². The molecule has 0 amide bonds. The van der Waals surface area contributed by atoms with Crippen molar-refractivity contribution in [1.29, 1.82) is 0 Å². The van der Waals surface area contributed by atoms with Crippen LogP contribution >= 0.6 is 0 Å². The number of rotatable bonds is 3. The molecule has 1 atom stereocenters. The van der Waals surface area contributed by atoms with Crippen molar-refractivity contribution in [3.05, 3.63) is 0 Å². The van der Waals surface area contributed by atoms with Gasteiger partial charge in [0.1, 0.15) is 0 Å². The fourth-order valence-electron chi connectivity index (χ4n) is 2.85. The largest absolute Gasteiger partial charge is 0.481 e. The number of nitrogens with two attached hydrogens (primary N) is 1. The van der Waals surface area contributed by atoms with E-state index >= 15 is 0 Å². The molecule has 1 aliphatic rings. The Hall–Kier alpha value is -0.570. The van der Waals surface area contributed by atoms with Gasteiger partial charge >= 0.3 is 5.97 Å². The molecule has 0 bridgehead atoms. The monoisotopic (exact) mass is 199 g/mol. The Morgan fingerprint density at radius 3 is 2.50 bits per heavy atom. The second-order valence-electron chi connectivity index (χ2n) is 5.47. The Balaban J connectivity index is 2.73. The lowest BCUT2D eigenvalue weighted by molar-refractivity contribution is -0.140. The summed E-state index contributed by atoms with van der Waals surface area (Å²) >= 11 is 0. The van der Waals surface area contributed by atoms with Crippen molar-refractivity contribution < 1.29 is 9.90 Å². The van der Waals surface area contributed by atoms with E-state index in [2.05, 4.69) is 13.8 Å². The molecule has 0 aliphatic heterocycles. The highest BCUT2D eigenvalue weighted by Crippen LogP contribution is 2.47. The van der Waals surface area contributed by atoms with Gasteiger partial charge < -0.3 is 10.8 Å². The Morgan fingerprint density at radius 2 is 2.07 bits per heavy atom. The molecule has 3 nitrogen and oxygen atoms in total. The first-order valence-electron chi connectivity index (χ1n) is 5.31. The van der Waals surface area contributed by atoms with Crippen LogP contribution in [-0.4, -0.2) is 17.6 Å². The molecule has 1 saturated carbocycles. The highest BCUT2D eigenvalue weighted by Gasteiger charge is 2.40. The van der Waals surface area contributed by atoms with Gasteiger partial charge in [-0.05, 0) is 36.6 Å². The third-order valence-corrected chi connectivity index (χ3v) is 3.37. The average molecular weight is 199 g/mol. The molecule has 0 radical (unpaired) electrons. The maximum atomic E-state index is 10.8. The molecular formula is C11H21NO2. The summed E-state index contributed by atoms with van der Waals surface area (Å²) in [5.74, 6) is -0.715. The summed E-state index contributed by atoms with van der Waals surface area (Å²) in [4.78, 5) is 10.8. The molecule has 0 aromatic carbocycles. The van der Waals surface area contributed by atoms with Crippen LogP contribution in [0.4, 0.5) is 0 Å². The lowest BCUT2D eigenvalue weighted by Crippen LogP contribution is -2.40. The Kier molecular flexibility index (Phi) is 3.20. The quantitative estimate of drug-likeness (QED) is 0.730. The first-order chi connectivity index (χ1) is 6.39. The number of carboxylic acid groups (broad SMARTS) is 1. The molecular weight excluding hydrogens is 178 g/mol. The Labute approximate surface area is 85.7 Å². The maximum Gasteiger partial charge on any atom is 0.303 e. The summed E-state index contributed by atoms with van der Waals surface area (Å²) in [6.45, 7) is 4.92. The van der Waals surface area contributed by atoms with E-state index in [9.17, 15) is 4.79 Å². The topological polar surface area (TPSA) is 63.3 Å². The van der Waals surface area contributed by atoms with Crippen molar-refractivity contribution in [2.75, 3.05) is 6.54 Å². The predicted molar refractivity (Wildman–Crippen MR) is 56.0 cm³/mol. The zero-order chi connectivity index (χ0) is 10.8. The van der Waals surface area contributed by atoms with Gasteiger partial charge in [-0.1, -0.05) is 20.3 Å². The predicted octanol–water partition coefficient (Wildman–Crippen LogP) is 2.01. The molecule has 0 spiro atoms. The van der Waals surface area contributed by atoms with Crippen molar-refractivity contribution in [2.45, 2.75) is 46.0 Å². The summed E-state index contributed by atoms with van der Waals surface area (Å²) in [6.07, 6.45) is 4.45. The Morgan fingerprint density at radius 1 is 1.43 bits per heavy atom. The SMILES string of the molecule is CC1(C)CCC[C@](CN)(CC(=O)O)C1. The van der Waals surface area contributed by atoms with E-state index in [0.29, 0.717) is 6.54 Å². The zero-order valence-electron chi connectivity index (χ0n) is 9.18. The van der Waals surface area contributed by atoms with Gasteiger partial charge in [0.05, 0.1) is 6.42 Å². The summed E-state index contributed by atoms with van der Waals surface area (Å²) < 4.78 is 0. The van der Waals surface area contributed by atoms with Gasteiger partial charge in [0, 0.05) is 0 Å². The van der Waals surface area contributed by atoms with Gasteiger partial charge in [0.15, 0.2) is 0 Å². The van der Waals surface area contributed by atoms with E-state index < -0.39 is 5.97 Å². The summed E-state index contributed by atoms with van der Waals surface area (Å²) in [5, 5.41) is 8.88. The van der Waals surface area contributed by atoms with Crippen molar-refractivity contribution in [1.82, 2.24) is 0 Å². The van der Waals surface area contributed by atoms with Crippen molar-refractivity contribution in [3.8, 4) is 0 Å². The number of aliphatic carboxylic acids is 1. The molecule has 0 unspecified atom stereocenters. The lowest BCUT2D eigenvalue weighted by Gasteiger charge is -2.43. The van der Waals surface area contributed by atoms with Crippen molar-refractivity contribution >= 4 is 5.97 Å². The third kappa shape index (κ3) is 2.71. The minimum Gasteiger partial charge on any atom is -0.481 e. The summed E-state index contributed by atoms with van der Waals surface area (Å²) in [7, 11) is 0. The highest BCUT2D eigenvalue weighted by atomic mass is 16.4. The number of hydrogen-bond donors (Lipinski definition) is 2. The van der Waals surface area contributed by atoms with Gasteiger partial charge in [-0.3, -0.25) is 4.79 Å². The van der Waals surface area contributed by atoms with Crippen LogP contribution < -0.4 is 5.73 Å². The van der Waals surface area contributed by atoms with Gasteiger partial charge in [-0.2, -0.15) is 0 Å². The molecule has 3 heteroatoms. The minimum atomic E-state index is -0.715. The van der Waals surface area contributed by atoms with E-state index in [1.807, 2.05) is 0 Å². The summed E-state index contributed by atoms with van der Waals surface area (Å²) in [5.41, 5.74) is 5.86. The van der Waals surface area contributed by atoms with Crippen LogP contribution in [-0.2, 0) is 4.79 Å². The van der Waals surface area contributed by atoms with E-state index in [1.54, 1.807) is 0 Å². The number of hydrogen-bond acceptors (Lipinski definition) is 2. The molecule has 1 rings (SSSR count). The van der Waals surface area contributed by atoms with Gasteiger partial charge in [-0.25, -0.2) is 0 Å². The third-order valence-electron chi connectivity index (χ3n) is 3.37. The second kappa shape index (κ2) is 3.89. The Bertz CT molecular complexity index is 225. The standard InChI is InChI=1S/C11H21NO2/c1-10(2)4-3-5-11(7-10,8-12)6-9(13)14/h3-8,12H2,1-2H3,(H,13,14)/t11-/m0/s1. The first-order valence-corrected chi connectivity index (χ1v) is 5.31. The van der Waals surface area contributed by atoms with Crippen molar-refractivity contribution in [3.63, 3.8) is 0 Å². The molecule has 1 fully saturated rings. The van der Waals surface area contributed by atoms with Crippen LogP contribution in [0.2, 0.25) is 0 Å². The lowest BCUT2D eigenvalue weighted by atomic mass is 9.62. The molecule has 3 N–H and O–H groups in total. The number of carboxylic acids is 1. The molecule has 0 saturated heterocycles. The molecule has 14 heavy (non-hydrogen) atoms. The first kappa shape index (κ1) is 11.5. The summed E-state index contributed by atoms with van der Waals surface area (Å²) in [6, 6.07) is 0. The van der Waals surface area contributed by atoms with Crippen LogP contribution in [0.5, 0.6) is 0 Å².